The number of imidazole rings is 1. The SMILES string of the molecule is Cc1nn(C)c2c1nc(C(C)Cl)n2C1CCOC1. The quantitative estimate of drug-likeness (QED) is 0.786. The van der Waals surface area contributed by atoms with E-state index in [9.17, 15) is 0 Å². The van der Waals surface area contributed by atoms with Crippen molar-refractivity contribution in [2.75, 3.05) is 13.2 Å². The first-order valence-corrected chi connectivity index (χ1v) is 6.66. The third kappa shape index (κ3) is 1.65. The van der Waals surface area contributed by atoms with E-state index in [0.29, 0.717) is 6.04 Å². The smallest absolute Gasteiger partial charge is 0.159 e. The fourth-order valence-corrected chi connectivity index (χ4v) is 2.83. The van der Waals surface area contributed by atoms with Crippen LogP contribution in [0.5, 0.6) is 0 Å². The summed E-state index contributed by atoms with van der Waals surface area (Å²) in [7, 11) is 1.95. The maximum atomic E-state index is 6.27. The van der Waals surface area contributed by atoms with Crippen LogP contribution in [0, 0.1) is 6.92 Å². The van der Waals surface area contributed by atoms with Crippen LogP contribution in [-0.2, 0) is 11.8 Å². The third-order valence-corrected chi connectivity index (χ3v) is 3.68. The lowest BCUT2D eigenvalue weighted by atomic mass is 10.2. The lowest BCUT2D eigenvalue weighted by molar-refractivity contribution is 0.186. The van der Waals surface area contributed by atoms with Crippen LogP contribution in [-0.4, -0.2) is 32.5 Å². The van der Waals surface area contributed by atoms with Crippen molar-refractivity contribution in [3.63, 3.8) is 0 Å². The molecule has 1 fully saturated rings. The number of fused-ring (bicyclic) bond motifs is 1. The molecule has 2 aromatic rings. The Morgan fingerprint density at radius 2 is 2.28 bits per heavy atom. The predicted molar refractivity (Wildman–Crippen MR) is 70.0 cm³/mol. The molecule has 2 unspecified atom stereocenters. The molecular formula is C12H17ClN4O. The van der Waals surface area contributed by atoms with Gasteiger partial charge in [-0.3, -0.25) is 4.68 Å². The Morgan fingerprint density at radius 1 is 1.50 bits per heavy atom. The molecule has 18 heavy (non-hydrogen) atoms. The van der Waals surface area contributed by atoms with Crippen LogP contribution in [0.2, 0.25) is 0 Å². The van der Waals surface area contributed by atoms with Crippen molar-refractivity contribution >= 4 is 22.8 Å². The number of hydrogen-bond acceptors (Lipinski definition) is 3. The maximum Gasteiger partial charge on any atom is 0.159 e. The molecule has 0 spiro atoms. The van der Waals surface area contributed by atoms with Gasteiger partial charge < -0.3 is 9.30 Å². The van der Waals surface area contributed by atoms with E-state index in [1.807, 2.05) is 25.6 Å². The van der Waals surface area contributed by atoms with Gasteiger partial charge in [0.2, 0.25) is 0 Å². The summed E-state index contributed by atoms with van der Waals surface area (Å²) in [6, 6.07) is 0.320. The summed E-state index contributed by atoms with van der Waals surface area (Å²) in [5, 5.41) is 4.32. The molecule has 0 bridgehead atoms. The van der Waals surface area contributed by atoms with Crippen LogP contribution in [0.25, 0.3) is 11.2 Å². The summed E-state index contributed by atoms with van der Waals surface area (Å²) < 4.78 is 9.59. The van der Waals surface area contributed by atoms with Crippen LogP contribution in [0.15, 0.2) is 0 Å². The highest BCUT2D eigenvalue weighted by Crippen LogP contribution is 2.32. The number of aromatic nitrogens is 4. The Labute approximate surface area is 111 Å². The lowest BCUT2D eigenvalue weighted by Crippen LogP contribution is -2.15. The number of ether oxygens (including phenoxy) is 1. The van der Waals surface area contributed by atoms with Crippen molar-refractivity contribution in [2.24, 2.45) is 7.05 Å². The molecule has 3 rings (SSSR count). The van der Waals surface area contributed by atoms with Gasteiger partial charge in [0, 0.05) is 13.7 Å². The first kappa shape index (κ1) is 12.0. The number of halogens is 1. The molecule has 1 aliphatic rings. The minimum atomic E-state index is -0.114. The Balaban J connectivity index is 2.26. The molecule has 6 heteroatoms. The van der Waals surface area contributed by atoms with Crippen molar-refractivity contribution in [3.05, 3.63) is 11.5 Å². The molecule has 0 N–H and O–H groups in total. The molecule has 1 aliphatic heterocycles. The number of aryl methyl sites for hydroxylation is 2. The largest absolute Gasteiger partial charge is 0.379 e. The summed E-state index contributed by atoms with van der Waals surface area (Å²) >= 11 is 6.27. The van der Waals surface area contributed by atoms with E-state index in [1.165, 1.54) is 0 Å². The van der Waals surface area contributed by atoms with Crippen molar-refractivity contribution in [3.8, 4) is 0 Å². The molecular weight excluding hydrogens is 252 g/mol. The molecule has 2 aromatic heterocycles. The molecule has 1 saturated heterocycles. The predicted octanol–water partition coefficient (Wildman–Crippen LogP) is 2.34. The fourth-order valence-electron chi connectivity index (χ4n) is 2.68. The summed E-state index contributed by atoms with van der Waals surface area (Å²) in [5.74, 6) is 0.915. The van der Waals surface area contributed by atoms with Gasteiger partial charge in [-0.15, -0.1) is 11.6 Å². The Bertz CT molecular complexity index is 580. The van der Waals surface area contributed by atoms with Gasteiger partial charge in [0.25, 0.3) is 0 Å². The number of nitrogens with zero attached hydrogens (tertiary/aromatic N) is 4. The second kappa shape index (κ2) is 4.24. The average Bonchev–Trinajstić information content (AvgIpc) is 2.98. The minimum absolute atomic E-state index is 0.114. The summed E-state index contributed by atoms with van der Waals surface area (Å²) in [6.45, 7) is 5.47. The monoisotopic (exact) mass is 268 g/mol. The van der Waals surface area contributed by atoms with Gasteiger partial charge in [-0.25, -0.2) is 4.98 Å². The molecule has 3 heterocycles. The second-order valence-electron chi connectivity index (χ2n) is 4.85. The third-order valence-electron chi connectivity index (χ3n) is 3.49. The molecule has 98 valence electrons. The Morgan fingerprint density at radius 3 is 2.89 bits per heavy atom. The molecule has 5 nitrogen and oxygen atoms in total. The van der Waals surface area contributed by atoms with Crippen molar-refractivity contribution < 1.29 is 4.74 Å². The summed E-state index contributed by atoms with van der Waals surface area (Å²) in [5.41, 5.74) is 2.95. The van der Waals surface area contributed by atoms with Crippen molar-refractivity contribution in [1.29, 1.82) is 0 Å². The molecule has 0 radical (unpaired) electrons. The Hall–Kier alpha value is -1.07. The van der Waals surface area contributed by atoms with Gasteiger partial charge in [-0.1, -0.05) is 0 Å². The van der Waals surface area contributed by atoms with Crippen LogP contribution < -0.4 is 0 Å². The van der Waals surface area contributed by atoms with E-state index in [4.69, 9.17) is 16.3 Å². The zero-order valence-corrected chi connectivity index (χ0v) is 11.6. The van der Waals surface area contributed by atoms with Crippen LogP contribution in [0.3, 0.4) is 0 Å². The standard InChI is InChI=1S/C12H17ClN4O/c1-7(13)11-14-10-8(2)15-16(3)12(10)17(11)9-4-5-18-6-9/h7,9H,4-6H2,1-3H3. The highest BCUT2D eigenvalue weighted by atomic mass is 35.5. The molecule has 0 saturated carbocycles. The van der Waals surface area contributed by atoms with Gasteiger partial charge in [0.15, 0.2) is 5.65 Å². The van der Waals surface area contributed by atoms with E-state index >= 15 is 0 Å². The van der Waals surface area contributed by atoms with Gasteiger partial charge in [0.1, 0.15) is 11.3 Å². The zero-order valence-electron chi connectivity index (χ0n) is 10.9. The van der Waals surface area contributed by atoms with E-state index in [1.54, 1.807) is 0 Å². The van der Waals surface area contributed by atoms with E-state index < -0.39 is 0 Å². The average molecular weight is 269 g/mol. The molecule has 0 amide bonds. The van der Waals surface area contributed by atoms with Crippen LogP contribution >= 0.6 is 11.6 Å². The topological polar surface area (TPSA) is 44.9 Å². The van der Waals surface area contributed by atoms with Crippen molar-refractivity contribution in [2.45, 2.75) is 31.7 Å². The van der Waals surface area contributed by atoms with Gasteiger partial charge in [0.05, 0.1) is 23.7 Å². The van der Waals surface area contributed by atoms with Crippen molar-refractivity contribution in [1.82, 2.24) is 19.3 Å². The first-order chi connectivity index (χ1) is 8.59. The normalized spacial score (nSPS) is 21.9. The van der Waals surface area contributed by atoms with Gasteiger partial charge in [-0.2, -0.15) is 5.10 Å². The van der Waals surface area contributed by atoms with Crippen LogP contribution in [0.4, 0.5) is 0 Å². The van der Waals surface area contributed by atoms with Gasteiger partial charge in [-0.05, 0) is 20.3 Å². The summed E-state index contributed by atoms with van der Waals surface area (Å²) in [6.07, 6.45) is 1.01. The molecule has 0 aromatic carbocycles. The number of rotatable bonds is 2. The Kier molecular flexibility index (Phi) is 2.83. The van der Waals surface area contributed by atoms with E-state index in [0.717, 1.165) is 42.3 Å². The van der Waals surface area contributed by atoms with E-state index in [-0.39, 0.29) is 5.38 Å². The lowest BCUT2D eigenvalue weighted by Gasteiger charge is -2.16. The molecule has 2 atom stereocenters. The number of hydrogen-bond donors (Lipinski definition) is 0. The highest BCUT2D eigenvalue weighted by Gasteiger charge is 2.27. The van der Waals surface area contributed by atoms with E-state index in [2.05, 4.69) is 14.6 Å². The fraction of sp³-hybridized carbons (Fsp3) is 0.667. The summed E-state index contributed by atoms with van der Waals surface area (Å²) in [4.78, 5) is 4.67. The number of alkyl halides is 1. The minimum Gasteiger partial charge on any atom is -0.379 e. The van der Waals surface area contributed by atoms with Crippen LogP contribution in [0.1, 0.15) is 36.3 Å². The molecule has 0 aliphatic carbocycles. The first-order valence-electron chi connectivity index (χ1n) is 6.23. The second-order valence-corrected chi connectivity index (χ2v) is 5.51. The zero-order chi connectivity index (χ0) is 12.9. The highest BCUT2D eigenvalue weighted by molar-refractivity contribution is 6.20. The van der Waals surface area contributed by atoms with Gasteiger partial charge >= 0.3 is 0 Å². The maximum absolute atomic E-state index is 6.27.